The van der Waals surface area contributed by atoms with Crippen molar-refractivity contribution in [2.24, 2.45) is 10.7 Å². The number of amides is 2. The summed E-state index contributed by atoms with van der Waals surface area (Å²) >= 11 is 0. The second-order valence-corrected chi connectivity index (χ2v) is 7.88. The number of fused-ring (bicyclic) bond motifs is 1. The number of aliphatic imine (C=N–C) groups is 1. The zero-order chi connectivity index (χ0) is 24.1. The second-order valence-electron chi connectivity index (χ2n) is 7.88. The number of rotatable bonds is 9. The van der Waals surface area contributed by atoms with Crippen LogP contribution in [0.3, 0.4) is 0 Å². The van der Waals surface area contributed by atoms with Gasteiger partial charge in [-0.1, -0.05) is 0 Å². The zero-order valence-electron chi connectivity index (χ0n) is 17.9. The third kappa shape index (κ3) is 5.96. The van der Waals surface area contributed by atoms with Crippen LogP contribution < -0.4 is 27.0 Å². The summed E-state index contributed by atoms with van der Waals surface area (Å²) in [6.07, 6.45) is -0.979. The summed E-state index contributed by atoms with van der Waals surface area (Å²) in [5.41, 5.74) is 6.60. The van der Waals surface area contributed by atoms with E-state index in [2.05, 4.69) is 26.3 Å². The summed E-state index contributed by atoms with van der Waals surface area (Å²) in [5, 5.41) is 29.2. The number of carboxylic acid groups (broad SMARTS) is 2. The standard InChI is InChI=1S/C20H27N7O6/c1-27-12(9-23-16-15(27)18(31)26-20(21)25-16)8-22-11-4-2-10(3-5-11)17(30)24-13(19(32)33)6-7-14(28)29/h2-5,12-13,15-16,22-23H,6-9H2,1H3,(H,24,30)(H,28,29)(H,32,33)(H3,21,25,26,31)/t12?,13-,15?,16?/m0/s1. The van der Waals surface area contributed by atoms with Crippen LogP contribution in [0.2, 0.25) is 0 Å². The molecule has 1 saturated heterocycles. The van der Waals surface area contributed by atoms with E-state index in [-0.39, 0.29) is 36.3 Å². The molecule has 8 N–H and O–H groups in total. The van der Waals surface area contributed by atoms with Crippen LogP contribution in [0.15, 0.2) is 29.3 Å². The minimum absolute atomic E-state index is 0.0138. The molecule has 0 aliphatic carbocycles. The first-order chi connectivity index (χ1) is 15.7. The van der Waals surface area contributed by atoms with E-state index >= 15 is 0 Å². The van der Waals surface area contributed by atoms with Crippen molar-refractivity contribution >= 4 is 35.4 Å². The van der Waals surface area contributed by atoms with Crippen LogP contribution in [0.25, 0.3) is 0 Å². The number of carboxylic acids is 2. The molecule has 2 amide bonds. The Morgan fingerprint density at radius 1 is 1.27 bits per heavy atom. The molecule has 0 aromatic heterocycles. The van der Waals surface area contributed by atoms with Crippen molar-refractivity contribution < 1.29 is 29.4 Å². The second kappa shape index (κ2) is 10.3. The lowest BCUT2D eigenvalue weighted by atomic mass is 10.0. The normalized spacial score (nSPS) is 23.5. The van der Waals surface area contributed by atoms with Crippen molar-refractivity contribution in [3.05, 3.63) is 29.8 Å². The molecule has 0 bridgehead atoms. The Balaban J connectivity index is 1.54. The minimum Gasteiger partial charge on any atom is -0.481 e. The third-order valence-corrected chi connectivity index (χ3v) is 5.61. The quantitative estimate of drug-likeness (QED) is 0.220. The molecular formula is C20H27N7O6. The van der Waals surface area contributed by atoms with Crippen LogP contribution in [0.1, 0.15) is 23.2 Å². The highest BCUT2D eigenvalue weighted by Gasteiger charge is 2.41. The van der Waals surface area contributed by atoms with E-state index in [4.69, 9.17) is 10.8 Å². The average molecular weight is 461 g/mol. The van der Waals surface area contributed by atoms with Gasteiger partial charge in [0.1, 0.15) is 18.2 Å². The van der Waals surface area contributed by atoms with Gasteiger partial charge in [-0.3, -0.25) is 29.9 Å². The van der Waals surface area contributed by atoms with E-state index in [1.54, 1.807) is 24.3 Å². The molecule has 4 atom stereocenters. The number of carbonyl (C=O) groups is 4. The number of hydrogen-bond acceptors (Lipinski definition) is 9. The van der Waals surface area contributed by atoms with Gasteiger partial charge in [0.2, 0.25) is 5.91 Å². The zero-order valence-corrected chi connectivity index (χ0v) is 17.9. The molecule has 1 aromatic rings. The first kappa shape index (κ1) is 23.9. The Kier molecular flexibility index (Phi) is 7.45. The third-order valence-electron chi connectivity index (χ3n) is 5.61. The molecule has 3 unspecified atom stereocenters. The number of nitrogens with one attached hydrogen (secondary N) is 4. The smallest absolute Gasteiger partial charge is 0.326 e. The van der Waals surface area contributed by atoms with E-state index in [1.807, 2.05) is 11.9 Å². The monoisotopic (exact) mass is 461 g/mol. The summed E-state index contributed by atoms with van der Waals surface area (Å²) < 4.78 is 0. The van der Waals surface area contributed by atoms with Crippen molar-refractivity contribution in [1.82, 2.24) is 20.9 Å². The van der Waals surface area contributed by atoms with Crippen molar-refractivity contribution in [2.45, 2.75) is 37.1 Å². The van der Waals surface area contributed by atoms with Gasteiger partial charge in [0.25, 0.3) is 5.91 Å². The van der Waals surface area contributed by atoms with Crippen LogP contribution in [0.4, 0.5) is 5.69 Å². The summed E-state index contributed by atoms with van der Waals surface area (Å²) in [5.74, 6) is -3.16. The number of nitrogens with two attached hydrogens (primary N) is 1. The fourth-order valence-corrected chi connectivity index (χ4v) is 3.75. The maximum atomic E-state index is 12.3. The number of benzene rings is 1. The van der Waals surface area contributed by atoms with Gasteiger partial charge in [0, 0.05) is 36.8 Å². The number of carbonyl (C=O) groups excluding carboxylic acids is 2. The Hall–Kier alpha value is -3.71. The number of piperazine rings is 1. The molecule has 2 aliphatic rings. The molecule has 178 valence electrons. The van der Waals surface area contributed by atoms with E-state index in [0.717, 1.165) is 5.69 Å². The molecule has 1 fully saturated rings. The van der Waals surface area contributed by atoms with E-state index in [9.17, 15) is 24.3 Å². The molecule has 1 aromatic carbocycles. The van der Waals surface area contributed by atoms with Crippen LogP contribution in [-0.2, 0) is 14.4 Å². The highest BCUT2D eigenvalue weighted by Crippen LogP contribution is 2.18. The van der Waals surface area contributed by atoms with Crippen molar-refractivity contribution in [3.8, 4) is 0 Å². The Morgan fingerprint density at radius 2 is 1.97 bits per heavy atom. The van der Waals surface area contributed by atoms with Gasteiger partial charge in [0.15, 0.2) is 5.96 Å². The lowest BCUT2D eigenvalue weighted by Gasteiger charge is -2.44. The van der Waals surface area contributed by atoms with E-state index in [0.29, 0.717) is 13.1 Å². The highest BCUT2D eigenvalue weighted by molar-refractivity contribution is 6.01. The van der Waals surface area contributed by atoms with Gasteiger partial charge in [-0.15, -0.1) is 0 Å². The molecule has 2 aliphatic heterocycles. The fourth-order valence-electron chi connectivity index (χ4n) is 3.75. The van der Waals surface area contributed by atoms with Gasteiger partial charge in [-0.05, 0) is 37.7 Å². The highest BCUT2D eigenvalue weighted by atomic mass is 16.4. The fraction of sp³-hybridized carbons (Fsp3) is 0.450. The van der Waals surface area contributed by atoms with E-state index in [1.165, 1.54) is 0 Å². The van der Waals surface area contributed by atoms with Gasteiger partial charge in [-0.25, -0.2) is 9.79 Å². The van der Waals surface area contributed by atoms with Gasteiger partial charge in [-0.2, -0.15) is 0 Å². The molecular weight excluding hydrogens is 434 g/mol. The van der Waals surface area contributed by atoms with Gasteiger partial charge < -0.3 is 26.6 Å². The molecule has 2 heterocycles. The van der Waals surface area contributed by atoms with Crippen LogP contribution >= 0.6 is 0 Å². The average Bonchev–Trinajstić information content (AvgIpc) is 2.75. The molecule has 33 heavy (non-hydrogen) atoms. The summed E-state index contributed by atoms with van der Waals surface area (Å²) in [6, 6.07) is 4.66. The summed E-state index contributed by atoms with van der Waals surface area (Å²) in [4.78, 5) is 52.7. The topological polar surface area (TPSA) is 198 Å². The van der Waals surface area contributed by atoms with Crippen LogP contribution in [0.5, 0.6) is 0 Å². The number of hydrogen-bond donors (Lipinski definition) is 7. The molecule has 13 nitrogen and oxygen atoms in total. The predicted octanol–water partition coefficient (Wildman–Crippen LogP) is -1.81. The molecule has 3 rings (SSSR count). The number of anilines is 1. The maximum absolute atomic E-state index is 12.3. The van der Waals surface area contributed by atoms with Crippen molar-refractivity contribution in [2.75, 3.05) is 25.5 Å². The summed E-state index contributed by atoms with van der Waals surface area (Å²) in [6.45, 7) is 1.10. The first-order valence-electron chi connectivity index (χ1n) is 10.3. The molecule has 13 heteroatoms. The Labute approximate surface area is 189 Å². The SMILES string of the molecule is CN1C(CNc2ccc(C(=O)N[C@@H](CCC(=O)O)C(=O)O)cc2)CNC2N=C(N)NC(=O)C21. The van der Waals surface area contributed by atoms with Crippen molar-refractivity contribution in [3.63, 3.8) is 0 Å². The first-order valence-corrected chi connectivity index (χ1v) is 10.3. The lowest BCUT2D eigenvalue weighted by Crippen LogP contribution is -2.69. The largest absolute Gasteiger partial charge is 0.481 e. The van der Waals surface area contributed by atoms with Crippen molar-refractivity contribution in [1.29, 1.82) is 0 Å². The molecule has 0 radical (unpaired) electrons. The van der Waals surface area contributed by atoms with E-state index < -0.39 is 36.1 Å². The van der Waals surface area contributed by atoms with Crippen LogP contribution in [0, 0.1) is 0 Å². The molecule has 0 spiro atoms. The van der Waals surface area contributed by atoms with Crippen LogP contribution in [-0.4, -0.2) is 89.3 Å². The van der Waals surface area contributed by atoms with Gasteiger partial charge in [0.05, 0.1) is 0 Å². The Morgan fingerprint density at radius 3 is 2.61 bits per heavy atom. The molecule has 0 saturated carbocycles. The van der Waals surface area contributed by atoms with Gasteiger partial charge >= 0.3 is 11.9 Å². The number of guanidine groups is 1. The number of likely N-dealkylation sites (N-methyl/N-ethyl adjacent to an activating group) is 1. The lowest BCUT2D eigenvalue weighted by molar-refractivity contribution is -0.140. The maximum Gasteiger partial charge on any atom is 0.326 e. The predicted molar refractivity (Wildman–Crippen MR) is 118 cm³/mol. The minimum atomic E-state index is -1.30. The number of aliphatic carboxylic acids is 2. The summed E-state index contributed by atoms with van der Waals surface area (Å²) in [7, 11) is 1.85. The Bertz CT molecular complexity index is 951. The number of nitrogens with zero attached hydrogens (tertiary/aromatic N) is 2.